The minimum Gasteiger partial charge on any atom is -0.380 e. The van der Waals surface area contributed by atoms with E-state index in [2.05, 4.69) is 11.4 Å². The van der Waals surface area contributed by atoms with E-state index in [0.717, 1.165) is 32.6 Å². The highest BCUT2D eigenvalue weighted by Gasteiger charge is 2.20. The maximum absolute atomic E-state index is 12.1. The molecule has 19 heavy (non-hydrogen) atoms. The number of carbonyl (C=O) groups is 1. The lowest BCUT2D eigenvalue weighted by Gasteiger charge is -2.27. The Kier molecular flexibility index (Phi) is 6.20. The Morgan fingerprint density at radius 1 is 1.53 bits per heavy atom. The average molecular weight is 284 g/mol. The molecule has 2 aliphatic heterocycles. The summed E-state index contributed by atoms with van der Waals surface area (Å²) in [6, 6.07) is 0. The summed E-state index contributed by atoms with van der Waals surface area (Å²) in [5, 5.41) is 4.02. The van der Waals surface area contributed by atoms with Crippen LogP contribution in [0.5, 0.6) is 0 Å². The predicted molar refractivity (Wildman–Crippen MR) is 79.5 cm³/mol. The second-order valence-electron chi connectivity index (χ2n) is 5.15. The molecule has 1 amide bonds. The number of piperidine rings is 1. The standard InChI is InChI=1S/C14H24N2O2S/c1-18-10-12-4-8-16(9-5-12)14(17)11-19-13-2-6-15-7-3-13/h4,13,15H,2-3,5-11H2,1H3. The fourth-order valence-electron chi connectivity index (χ4n) is 2.50. The first kappa shape index (κ1) is 14.9. The molecule has 1 N–H and O–H groups in total. The Morgan fingerprint density at radius 2 is 2.32 bits per heavy atom. The van der Waals surface area contributed by atoms with Gasteiger partial charge in [-0.3, -0.25) is 4.79 Å². The number of nitrogens with one attached hydrogen (secondary N) is 1. The molecule has 0 aromatic rings. The van der Waals surface area contributed by atoms with Gasteiger partial charge in [-0.2, -0.15) is 0 Å². The van der Waals surface area contributed by atoms with Gasteiger partial charge in [0.1, 0.15) is 0 Å². The van der Waals surface area contributed by atoms with Gasteiger partial charge in [-0.1, -0.05) is 6.08 Å². The first-order chi connectivity index (χ1) is 9.29. The van der Waals surface area contributed by atoms with Gasteiger partial charge in [-0.15, -0.1) is 11.8 Å². The van der Waals surface area contributed by atoms with Crippen LogP contribution in [0.1, 0.15) is 19.3 Å². The molecule has 0 bridgehead atoms. The number of ether oxygens (including phenoxy) is 1. The van der Waals surface area contributed by atoms with Gasteiger partial charge in [0, 0.05) is 25.4 Å². The molecular weight excluding hydrogens is 260 g/mol. The molecule has 0 aromatic heterocycles. The molecule has 5 heteroatoms. The predicted octanol–water partition coefficient (Wildman–Crippen LogP) is 1.28. The molecule has 1 saturated heterocycles. The smallest absolute Gasteiger partial charge is 0.232 e. The lowest BCUT2D eigenvalue weighted by atomic mass is 10.1. The molecule has 0 aromatic carbocycles. The van der Waals surface area contributed by atoms with E-state index in [1.165, 1.54) is 18.4 Å². The summed E-state index contributed by atoms with van der Waals surface area (Å²) in [4.78, 5) is 14.1. The van der Waals surface area contributed by atoms with E-state index >= 15 is 0 Å². The molecule has 0 spiro atoms. The molecule has 2 heterocycles. The summed E-state index contributed by atoms with van der Waals surface area (Å²) in [6.45, 7) is 4.49. The van der Waals surface area contributed by atoms with E-state index in [-0.39, 0.29) is 5.91 Å². The topological polar surface area (TPSA) is 41.6 Å². The quantitative estimate of drug-likeness (QED) is 0.772. The minimum atomic E-state index is 0.288. The number of hydrogen-bond donors (Lipinski definition) is 1. The Balaban J connectivity index is 1.69. The Morgan fingerprint density at radius 3 is 2.95 bits per heavy atom. The highest BCUT2D eigenvalue weighted by atomic mass is 32.2. The van der Waals surface area contributed by atoms with Crippen molar-refractivity contribution in [2.75, 3.05) is 45.6 Å². The normalized spacial score (nSPS) is 21.3. The molecule has 0 atom stereocenters. The number of methoxy groups -OCH3 is 1. The van der Waals surface area contributed by atoms with E-state index in [1.807, 2.05) is 16.7 Å². The molecule has 0 unspecified atom stereocenters. The average Bonchev–Trinajstić information content (AvgIpc) is 2.47. The monoisotopic (exact) mass is 284 g/mol. The third-order valence-electron chi connectivity index (χ3n) is 3.71. The van der Waals surface area contributed by atoms with Crippen LogP contribution in [-0.4, -0.2) is 61.7 Å². The van der Waals surface area contributed by atoms with Crippen LogP contribution < -0.4 is 5.32 Å². The van der Waals surface area contributed by atoms with Crippen LogP contribution in [0.2, 0.25) is 0 Å². The summed E-state index contributed by atoms with van der Waals surface area (Å²) >= 11 is 1.83. The van der Waals surface area contributed by atoms with Crippen LogP contribution in [0.4, 0.5) is 0 Å². The van der Waals surface area contributed by atoms with Gasteiger partial charge in [-0.05, 0) is 37.9 Å². The first-order valence-electron chi connectivity index (χ1n) is 7.06. The number of rotatable bonds is 5. The van der Waals surface area contributed by atoms with Crippen LogP contribution in [0, 0.1) is 0 Å². The zero-order valence-corrected chi connectivity index (χ0v) is 12.5. The first-order valence-corrected chi connectivity index (χ1v) is 8.11. The van der Waals surface area contributed by atoms with Crippen molar-refractivity contribution >= 4 is 17.7 Å². The second kappa shape index (κ2) is 7.92. The van der Waals surface area contributed by atoms with Crippen molar-refractivity contribution in [2.24, 2.45) is 0 Å². The van der Waals surface area contributed by atoms with Crippen molar-refractivity contribution < 1.29 is 9.53 Å². The van der Waals surface area contributed by atoms with Gasteiger partial charge in [0.2, 0.25) is 5.91 Å². The fourth-order valence-corrected chi connectivity index (χ4v) is 3.63. The molecule has 4 nitrogen and oxygen atoms in total. The van der Waals surface area contributed by atoms with Crippen LogP contribution in [0.15, 0.2) is 11.6 Å². The molecule has 1 fully saturated rings. The third kappa shape index (κ3) is 4.82. The second-order valence-corrected chi connectivity index (χ2v) is 6.43. The van der Waals surface area contributed by atoms with Gasteiger partial charge >= 0.3 is 0 Å². The Hall–Kier alpha value is -0.520. The number of carbonyl (C=O) groups excluding carboxylic acids is 1. The fraction of sp³-hybridized carbons (Fsp3) is 0.786. The van der Waals surface area contributed by atoms with E-state index in [1.54, 1.807) is 7.11 Å². The molecule has 0 saturated carbocycles. The highest BCUT2D eigenvalue weighted by Crippen LogP contribution is 2.21. The van der Waals surface area contributed by atoms with Crippen LogP contribution in [-0.2, 0) is 9.53 Å². The Bertz CT molecular complexity index is 327. The molecule has 2 rings (SSSR count). The van der Waals surface area contributed by atoms with Crippen molar-refractivity contribution in [3.63, 3.8) is 0 Å². The van der Waals surface area contributed by atoms with Gasteiger partial charge < -0.3 is 15.0 Å². The van der Waals surface area contributed by atoms with E-state index < -0.39 is 0 Å². The van der Waals surface area contributed by atoms with Crippen molar-refractivity contribution in [3.05, 3.63) is 11.6 Å². The summed E-state index contributed by atoms with van der Waals surface area (Å²) in [7, 11) is 1.72. The van der Waals surface area contributed by atoms with Crippen molar-refractivity contribution in [2.45, 2.75) is 24.5 Å². The van der Waals surface area contributed by atoms with Crippen LogP contribution in [0.3, 0.4) is 0 Å². The van der Waals surface area contributed by atoms with Crippen molar-refractivity contribution in [1.29, 1.82) is 0 Å². The van der Waals surface area contributed by atoms with Crippen molar-refractivity contribution in [1.82, 2.24) is 10.2 Å². The lowest BCUT2D eigenvalue weighted by Crippen LogP contribution is -2.37. The van der Waals surface area contributed by atoms with E-state index in [4.69, 9.17) is 4.74 Å². The number of hydrogen-bond acceptors (Lipinski definition) is 4. The summed E-state index contributed by atoms with van der Waals surface area (Å²) in [5.74, 6) is 0.925. The maximum atomic E-state index is 12.1. The summed E-state index contributed by atoms with van der Waals surface area (Å²) < 4.78 is 5.12. The largest absolute Gasteiger partial charge is 0.380 e. The lowest BCUT2D eigenvalue weighted by molar-refractivity contribution is -0.128. The molecular formula is C14H24N2O2S. The summed E-state index contributed by atoms with van der Waals surface area (Å²) in [5.41, 5.74) is 1.32. The zero-order chi connectivity index (χ0) is 13.5. The molecule has 0 radical (unpaired) electrons. The van der Waals surface area contributed by atoms with Gasteiger partial charge in [-0.25, -0.2) is 0 Å². The Labute approximate surface area is 119 Å². The number of amides is 1. The minimum absolute atomic E-state index is 0.288. The number of nitrogens with zero attached hydrogens (tertiary/aromatic N) is 1. The van der Waals surface area contributed by atoms with Crippen LogP contribution in [0.25, 0.3) is 0 Å². The zero-order valence-electron chi connectivity index (χ0n) is 11.7. The molecule has 0 aliphatic carbocycles. The van der Waals surface area contributed by atoms with Gasteiger partial charge in [0.25, 0.3) is 0 Å². The van der Waals surface area contributed by atoms with Crippen molar-refractivity contribution in [3.8, 4) is 0 Å². The highest BCUT2D eigenvalue weighted by molar-refractivity contribution is 8.00. The van der Waals surface area contributed by atoms with Gasteiger partial charge in [0.15, 0.2) is 0 Å². The van der Waals surface area contributed by atoms with Crippen LogP contribution >= 0.6 is 11.8 Å². The SMILES string of the molecule is COCC1=CCN(C(=O)CSC2CCNCC2)CC1. The molecule has 2 aliphatic rings. The number of thioether (sulfide) groups is 1. The van der Waals surface area contributed by atoms with E-state index in [0.29, 0.717) is 17.6 Å². The third-order valence-corrected chi connectivity index (χ3v) is 5.07. The van der Waals surface area contributed by atoms with E-state index in [9.17, 15) is 4.79 Å². The maximum Gasteiger partial charge on any atom is 0.232 e. The van der Waals surface area contributed by atoms with Gasteiger partial charge in [0.05, 0.1) is 12.4 Å². The summed E-state index contributed by atoms with van der Waals surface area (Å²) in [6.07, 6.45) is 5.48. The molecule has 108 valence electrons.